The van der Waals surface area contributed by atoms with Crippen LogP contribution in [0.5, 0.6) is 5.88 Å². The third kappa shape index (κ3) is 3.34. The number of carbonyl (C=O) groups excluding carboxylic acids is 1. The fourth-order valence-electron chi connectivity index (χ4n) is 4.52. The van der Waals surface area contributed by atoms with E-state index >= 15 is 0 Å². The van der Waals surface area contributed by atoms with Gasteiger partial charge in [0, 0.05) is 50.6 Å². The van der Waals surface area contributed by atoms with Crippen molar-refractivity contribution in [2.45, 2.75) is 70.1 Å². The normalized spacial score (nSPS) is 24.8. The fraction of sp³-hybridized carbons (Fsp3) is 0.714. The third-order valence-corrected chi connectivity index (χ3v) is 6.62. The Kier molecular flexibility index (Phi) is 4.35. The Balaban J connectivity index is 1.17. The largest absolute Gasteiger partial charge is 0.474 e. The van der Waals surface area contributed by atoms with Gasteiger partial charge < -0.3 is 14.5 Å². The second-order valence-electron chi connectivity index (χ2n) is 8.48. The van der Waals surface area contributed by atoms with E-state index in [0.717, 1.165) is 62.8 Å². The molecule has 2 saturated carbocycles. The molecule has 3 fully saturated rings. The minimum absolute atomic E-state index is 0.299. The van der Waals surface area contributed by atoms with Gasteiger partial charge in [-0.2, -0.15) is 0 Å². The second-order valence-corrected chi connectivity index (χ2v) is 8.48. The molecule has 0 radical (unpaired) electrons. The van der Waals surface area contributed by atoms with E-state index in [1.807, 2.05) is 11.0 Å². The van der Waals surface area contributed by atoms with Gasteiger partial charge in [0.25, 0.3) is 0 Å². The lowest BCUT2D eigenvalue weighted by Gasteiger charge is -2.41. The van der Waals surface area contributed by atoms with Crippen LogP contribution >= 0.6 is 0 Å². The van der Waals surface area contributed by atoms with E-state index in [0.29, 0.717) is 17.9 Å². The minimum Gasteiger partial charge on any atom is -0.474 e. The average Bonchev–Trinajstić information content (AvgIpc) is 3.46. The van der Waals surface area contributed by atoms with Crippen molar-refractivity contribution in [3.63, 3.8) is 0 Å². The van der Waals surface area contributed by atoms with Gasteiger partial charge in [0.1, 0.15) is 6.10 Å². The Hall–Kier alpha value is -1.62. The maximum absolute atomic E-state index is 12.3. The van der Waals surface area contributed by atoms with Crippen LogP contribution in [-0.2, 0) is 17.8 Å². The number of aromatic nitrogens is 1. The highest BCUT2D eigenvalue weighted by atomic mass is 16.5. The minimum atomic E-state index is 0.299. The molecule has 1 saturated heterocycles. The van der Waals surface area contributed by atoms with Gasteiger partial charge in [-0.3, -0.25) is 4.79 Å². The van der Waals surface area contributed by atoms with E-state index in [-0.39, 0.29) is 0 Å². The van der Waals surface area contributed by atoms with Crippen LogP contribution in [0.1, 0.15) is 56.2 Å². The number of hydrogen-bond acceptors (Lipinski definition) is 4. The first kappa shape index (κ1) is 16.5. The van der Waals surface area contributed by atoms with Crippen LogP contribution in [0.4, 0.5) is 0 Å². The highest BCUT2D eigenvalue weighted by Gasteiger charge is 2.35. The van der Waals surface area contributed by atoms with Crippen LogP contribution in [0.2, 0.25) is 0 Å². The molecule has 5 nitrogen and oxygen atoms in total. The molecule has 3 heterocycles. The Morgan fingerprint density at radius 3 is 2.54 bits per heavy atom. The molecule has 1 aromatic heterocycles. The van der Waals surface area contributed by atoms with Gasteiger partial charge in [-0.1, -0.05) is 12.5 Å². The molecular weight excluding hydrogens is 326 g/mol. The molecule has 26 heavy (non-hydrogen) atoms. The van der Waals surface area contributed by atoms with Crippen LogP contribution in [-0.4, -0.2) is 52.5 Å². The number of amides is 1. The number of rotatable bonds is 4. The molecule has 0 N–H and O–H groups in total. The zero-order valence-electron chi connectivity index (χ0n) is 15.5. The molecule has 1 amide bonds. The van der Waals surface area contributed by atoms with Crippen molar-refractivity contribution in [3.05, 3.63) is 23.4 Å². The van der Waals surface area contributed by atoms with Gasteiger partial charge in [0.15, 0.2) is 0 Å². The molecule has 4 aliphatic rings. The molecule has 1 aromatic rings. The van der Waals surface area contributed by atoms with Crippen molar-refractivity contribution in [2.24, 2.45) is 5.92 Å². The second kappa shape index (κ2) is 6.84. The van der Waals surface area contributed by atoms with E-state index in [4.69, 9.17) is 9.72 Å². The van der Waals surface area contributed by atoms with Gasteiger partial charge in [-0.15, -0.1) is 0 Å². The number of fused-ring (bicyclic) bond motifs is 1. The zero-order valence-corrected chi connectivity index (χ0v) is 15.5. The summed E-state index contributed by atoms with van der Waals surface area (Å²) >= 11 is 0. The van der Waals surface area contributed by atoms with Gasteiger partial charge in [-0.25, -0.2) is 4.98 Å². The Morgan fingerprint density at radius 1 is 1.04 bits per heavy atom. The quantitative estimate of drug-likeness (QED) is 0.833. The molecule has 2 aliphatic heterocycles. The molecule has 140 valence electrons. The molecule has 2 aliphatic carbocycles. The summed E-state index contributed by atoms with van der Waals surface area (Å²) in [5.74, 6) is 1.42. The molecule has 0 bridgehead atoms. The first-order chi connectivity index (χ1) is 12.8. The van der Waals surface area contributed by atoms with Crippen LogP contribution < -0.4 is 4.74 Å². The van der Waals surface area contributed by atoms with Crippen LogP contribution in [0.3, 0.4) is 0 Å². The smallest absolute Gasteiger partial charge is 0.225 e. The fourth-order valence-corrected chi connectivity index (χ4v) is 4.52. The predicted molar refractivity (Wildman–Crippen MR) is 98.9 cm³/mol. The molecule has 0 spiro atoms. The lowest BCUT2D eigenvalue weighted by molar-refractivity contribution is -0.133. The topological polar surface area (TPSA) is 45.7 Å². The van der Waals surface area contributed by atoms with Crippen LogP contribution in [0, 0.1) is 5.92 Å². The lowest BCUT2D eigenvalue weighted by Crippen LogP contribution is -2.46. The number of likely N-dealkylation sites (tertiary alicyclic amines) is 1. The molecule has 0 unspecified atom stereocenters. The van der Waals surface area contributed by atoms with Crippen LogP contribution in [0.25, 0.3) is 0 Å². The number of nitrogens with zero attached hydrogens (tertiary/aromatic N) is 3. The van der Waals surface area contributed by atoms with Gasteiger partial charge >= 0.3 is 0 Å². The van der Waals surface area contributed by atoms with E-state index in [9.17, 15) is 4.79 Å². The van der Waals surface area contributed by atoms with E-state index in [2.05, 4.69) is 11.0 Å². The summed E-state index contributed by atoms with van der Waals surface area (Å²) in [6, 6.07) is 4.97. The average molecular weight is 355 g/mol. The first-order valence-electron chi connectivity index (χ1n) is 10.4. The first-order valence-corrected chi connectivity index (χ1v) is 10.4. The third-order valence-electron chi connectivity index (χ3n) is 6.62. The predicted octanol–water partition coefficient (Wildman–Crippen LogP) is 2.77. The highest BCUT2D eigenvalue weighted by Crippen LogP contribution is 2.33. The zero-order chi connectivity index (χ0) is 17.5. The SMILES string of the molecule is O=C(C1CC1)N1CCc2nc(OC3CCN(C4CCC4)CC3)ccc2C1. The lowest BCUT2D eigenvalue weighted by atomic mass is 9.90. The number of piperidine rings is 1. The van der Waals surface area contributed by atoms with E-state index in [1.54, 1.807) is 0 Å². The van der Waals surface area contributed by atoms with Gasteiger partial charge in [-0.05, 0) is 44.1 Å². The van der Waals surface area contributed by atoms with E-state index in [1.165, 1.54) is 37.9 Å². The molecule has 0 atom stereocenters. The summed E-state index contributed by atoms with van der Waals surface area (Å²) in [6.45, 7) is 3.85. The molecular formula is C21H29N3O2. The van der Waals surface area contributed by atoms with Crippen LogP contribution in [0.15, 0.2) is 12.1 Å². The summed E-state index contributed by atoms with van der Waals surface area (Å²) in [4.78, 5) is 21.7. The van der Waals surface area contributed by atoms with Crippen molar-refractivity contribution >= 4 is 5.91 Å². The summed E-state index contributed by atoms with van der Waals surface area (Å²) in [7, 11) is 0. The van der Waals surface area contributed by atoms with E-state index < -0.39 is 0 Å². The molecule has 5 rings (SSSR count). The number of pyridine rings is 1. The molecule has 0 aromatic carbocycles. The van der Waals surface area contributed by atoms with Crippen molar-refractivity contribution in [1.82, 2.24) is 14.8 Å². The maximum Gasteiger partial charge on any atom is 0.225 e. The number of ether oxygens (including phenoxy) is 1. The maximum atomic E-state index is 12.3. The monoisotopic (exact) mass is 355 g/mol. The summed E-state index contributed by atoms with van der Waals surface area (Å²) in [6.07, 6.45) is 9.70. The van der Waals surface area contributed by atoms with Gasteiger partial charge in [0.2, 0.25) is 11.8 Å². The van der Waals surface area contributed by atoms with Crippen molar-refractivity contribution in [3.8, 4) is 5.88 Å². The highest BCUT2D eigenvalue weighted by molar-refractivity contribution is 5.81. The summed E-state index contributed by atoms with van der Waals surface area (Å²) in [5.41, 5.74) is 2.31. The summed E-state index contributed by atoms with van der Waals surface area (Å²) in [5, 5.41) is 0. The van der Waals surface area contributed by atoms with Crippen molar-refractivity contribution in [2.75, 3.05) is 19.6 Å². The Labute approximate surface area is 155 Å². The number of hydrogen-bond donors (Lipinski definition) is 0. The van der Waals surface area contributed by atoms with Crippen molar-refractivity contribution in [1.29, 1.82) is 0 Å². The van der Waals surface area contributed by atoms with Gasteiger partial charge in [0.05, 0.1) is 5.69 Å². The van der Waals surface area contributed by atoms with Crippen molar-refractivity contribution < 1.29 is 9.53 Å². The Morgan fingerprint density at radius 2 is 1.85 bits per heavy atom. The number of carbonyl (C=O) groups is 1. The Bertz CT molecular complexity index is 676. The summed E-state index contributed by atoms with van der Waals surface area (Å²) < 4.78 is 6.21. The molecule has 5 heteroatoms. The standard InChI is InChI=1S/C21H29N3O2/c25-21(15-4-5-15)24-13-10-19-16(14-24)6-7-20(22-19)26-18-8-11-23(12-9-18)17-2-1-3-17/h6-7,15,17-18H,1-5,8-14H2.